The summed E-state index contributed by atoms with van der Waals surface area (Å²) in [5.41, 5.74) is 1.88. The highest BCUT2D eigenvalue weighted by Gasteiger charge is 2.23. The van der Waals surface area contributed by atoms with Crippen LogP contribution in [0, 0.1) is 17.8 Å². The number of amides is 1. The number of nitrogens with one attached hydrogen (secondary N) is 1. The lowest BCUT2D eigenvalue weighted by molar-refractivity contribution is 0.0935. The molecular weight excluding hydrogens is 258 g/mol. The Kier molecular flexibility index (Phi) is 6.00. The van der Waals surface area contributed by atoms with E-state index < -0.39 is 0 Å². The molecule has 2 heteroatoms. The van der Waals surface area contributed by atoms with Gasteiger partial charge in [-0.25, -0.2) is 0 Å². The van der Waals surface area contributed by atoms with Crippen LogP contribution in [0.3, 0.4) is 0 Å². The van der Waals surface area contributed by atoms with Crippen molar-refractivity contribution in [2.45, 2.75) is 53.9 Å². The van der Waals surface area contributed by atoms with Gasteiger partial charge in [0.15, 0.2) is 0 Å². The molecule has 0 radical (unpaired) electrons. The van der Waals surface area contributed by atoms with Gasteiger partial charge < -0.3 is 5.32 Å². The van der Waals surface area contributed by atoms with Gasteiger partial charge in [0.25, 0.3) is 5.91 Å². The first-order valence-electron chi connectivity index (χ1n) is 8.02. The number of benzene rings is 1. The summed E-state index contributed by atoms with van der Waals surface area (Å²) in [6, 6.07) is 7.92. The Labute approximate surface area is 130 Å². The van der Waals surface area contributed by atoms with Crippen molar-refractivity contribution in [1.29, 1.82) is 0 Å². The zero-order chi connectivity index (χ0) is 16.2. The van der Waals surface area contributed by atoms with Crippen molar-refractivity contribution < 1.29 is 4.79 Å². The molecule has 0 aromatic heterocycles. The van der Waals surface area contributed by atoms with Crippen molar-refractivity contribution in [2.24, 2.45) is 17.8 Å². The molecule has 0 atom stereocenters. The Morgan fingerprint density at radius 3 is 2.05 bits per heavy atom. The minimum Gasteiger partial charge on any atom is -0.352 e. The average Bonchev–Trinajstić information content (AvgIpc) is 2.36. The van der Waals surface area contributed by atoms with E-state index in [9.17, 15) is 4.79 Å². The average molecular weight is 289 g/mol. The topological polar surface area (TPSA) is 29.1 Å². The highest BCUT2D eigenvalue weighted by Crippen LogP contribution is 2.26. The maximum Gasteiger partial charge on any atom is 0.251 e. The van der Waals surface area contributed by atoms with Gasteiger partial charge in [0.1, 0.15) is 0 Å². The third kappa shape index (κ3) is 4.87. The van der Waals surface area contributed by atoms with Crippen molar-refractivity contribution in [3.05, 3.63) is 35.4 Å². The highest BCUT2D eigenvalue weighted by molar-refractivity contribution is 5.96. The summed E-state index contributed by atoms with van der Waals surface area (Å²) in [7, 11) is 0. The Balaban J connectivity index is 2.86. The predicted molar refractivity (Wildman–Crippen MR) is 90.6 cm³/mol. The minimum absolute atomic E-state index is 0.0244. The standard InChI is InChI=1S/C19H31NO/c1-13(2)16(14(3)4)12-20-18(21)15-10-8-9-11-17(15)19(5,6)7/h8-11,13-14,16H,12H2,1-7H3,(H,20,21). The lowest BCUT2D eigenvalue weighted by Crippen LogP contribution is -2.35. The number of carbonyl (C=O) groups excluding carboxylic acids is 1. The number of hydrogen-bond acceptors (Lipinski definition) is 1. The second kappa shape index (κ2) is 7.11. The second-order valence-corrected chi connectivity index (χ2v) is 7.66. The molecule has 21 heavy (non-hydrogen) atoms. The van der Waals surface area contributed by atoms with Gasteiger partial charge in [0, 0.05) is 12.1 Å². The SMILES string of the molecule is CC(C)C(CNC(=O)c1ccccc1C(C)(C)C)C(C)C. The molecule has 0 aliphatic carbocycles. The van der Waals surface area contributed by atoms with Crippen LogP contribution >= 0.6 is 0 Å². The Hall–Kier alpha value is -1.31. The largest absolute Gasteiger partial charge is 0.352 e. The first kappa shape index (κ1) is 17.7. The summed E-state index contributed by atoms with van der Waals surface area (Å²) in [5, 5.41) is 3.14. The van der Waals surface area contributed by atoms with Crippen LogP contribution in [0.25, 0.3) is 0 Å². The van der Waals surface area contributed by atoms with Crippen LogP contribution in [0.4, 0.5) is 0 Å². The molecule has 0 saturated carbocycles. The molecule has 0 heterocycles. The molecule has 2 nitrogen and oxygen atoms in total. The van der Waals surface area contributed by atoms with Crippen LogP contribution < -0.4 is 5.32 Å². The zero-order valence-corrected chi connectivity index (χ0v) is 14.7. The van der Waals surface area contributed by atoms with E-state index in [-0.39, 0.29) is 11.3 Å². The van der Waals surface area contributed by atoms with E-state index in [4.69, 9.17) is 0 Å². The maximum absolute atomic E-state index is 12.6. The second-order valence-electron chi connectivity index (χ2n) is 7.66. The molecule has 1 amide bonds. The quantitative estimate of drug-likeness (QED) is 0.840. The fourth-order valence-electron chi connectivity index (χ4n) is 2.88. The van der Waals surface area contributed by atoms with Crippen LogP contribution in [0.2, 0.25) is 0 Å². The number of carbonyl (C=O) groups is 1. The molecule has 0 bridgehead atoms. The molecule has 0 unspecified atom stereocenters. The summed E-state index contributed by atoms with van der Waals surface area (Å²) in [6.45, 7) is 16.1. The van der Waals surface area contributed by atoms with E-state index in [1.54, 1.807) is 0 Å². The van der Waals surface area contributed by atoms with Crippen molar-refractivity contribution in [3.63, 3.8) is 0 Å². The van der Waals surface area contributed by atoms with Crippen LogP contribution in [-0.4, -0.2) is 12.5 Å². The fraction of sp³-hybridized carbons (Fsp3) is 0.632. The summed E-state index contributed by atoms with van der Waals surface area (Å²) in [5.74, 6) is 1.70. The van der Waals surface area contributed by atoms with E-state index in [0.717, 1.165) is 17.7 Å². The van der Waals surface area contributed by atoms with Crippen LogP contribution in [-0.2, 0) is 5.41 Å². The smallest absolute Gasteiger partial charge is 0.251 e. The lowest BCUT2D eigenvalue weighted by atomic mass is 9.83. The van der Waals surface area contributed by atoms with Gasteiger partial charge in [0.2, 0.25) is 0 Å². The van der Waals surface area contributed by atoms with Crippen LogP contribution in [0.5, 0.6) is 0 Å². The van der Waals surface area contributed by atoms with E-state index in [2.05, 4.69) is 59.8 Å². The molecule has 0 saturated heterocycles. The molecule has 0 fully saturated rings. The van der Waals surface area contributed by atoms with E-state index in [0.29, 0.717) is 17.8 Å². The fourth-order valence-corrected chi connectivity index (χ4v) is 2.88. The van der Waals surface area contributed by atoms with Crippen LogP contribution in [0.15, 0.2) is 24.3 Å². The first-order valence-corrected chi connectivity index (χ1v) is 8.02. The minimum atomic E-state index is -0.0244. The van der Waals surface area contributed by atoms with Gasteiger partial charge in [-0.15, -0.1) is 0 Å². The van der Waals surface area contributed by atoms with Crippen LogP contribution in [0.1, 0.15) is 64.4 Å². The molecule has 0 aliphatic heterocycles. The molecular formula is C19H31NO. The maximum atomic E-state index is 12.6. The third-order valence-electron chi connectivity index (χ3n) is 4.19. The molecule has 118 valence electrons. The third-order valence-corrected chi connectivity index (χ3v) is 4.19. The zero-order valence-electron chi connectivity index (χ0n) is 14.7. The van der Waals surface area contributed by atoms with Crippen molar-refractivity contribution >= 4 is 5.91 Å². The summed E-state index contributed by atoms with van der Waals surface area (Å²) in [6.07, 6.45) is 0. The van der Waals surface area contributed by atoms with Gasteiger partial charge in [0.05, 0.1) is 0 Å². The molecule has 1 N–H and O–H groups in total. The molecule has 1 rings (SSSR count). The van der Waals surface area contributed by atoms with Gasteiger partial charge in [-0.3, -0.25) is 4.79 Å². The van der Waals surface area contributed by atoms with Gasteiger partial charge in [-0.1, -0.05) is 66.7 Å². The lowest BCUT2D eigenvalue weighted by Gasteiger charge is -2.26. The number of hydrogen-bond donors (Lipinski definition) is 1. The van der Waals surface area contributed by atoms with Gasteiger partial charge in [-0.05, 0) is 34.8 Å². The Morgan fingerprint density at radius 1 is 1.05 bits per heavy atom. The van der Waals surface area contributed by atoms with Crippen molar-refractivity contribution in [1.82, 2.24) is 5.32 Å². The highest BCUT2D eigenvalue weighted by atomic mass is 16.1. The normalized spacial score (nSPS) is 12.3. The Morgan fingerprint density at radius 2 is 1.57 bits per heavy atom. The summed E-state index contributed by atoms with van der Waals surface area (Å²) < 4.78 is 0. The molecule has 0 spiro atoms. The van der Waals surface area contributed by atoms with Gasteiger partial charge in [-0.2, -0.15) is 0 Å². The first-order chi connectivity index (χ1) is 9.64. The molecule has 0 aliphatic rings. The van der Waals surface area contributed by atoms with E-state index in [1.165, 1.54) is 0 Å². The monoisotopic (exact) mass is 289 g/mol. The summed E-state index contributed by atoms with van der Waals surface area (Å²) >= 11 is 0. The van der Waals surface area contributed by atoms with Crippen molar-refractivity contribution in [3.8, 4) is 0 Å². The van der Waals surface area contributed by atoms with Gasteiger partial charge >= 0.3 is 0 Å². The van der Waals surface area contributed by atoms with E-state index >= 15 is 0 Å². The molecule has 1 aromatic carbocycles. The number of rotatable bonds is 5. The molecule has 1 aromatic rings. The van der Waals surface area contributed by atoms with Crippen molar-refractivity contribution in [2.75, 3.05) is 6.54 Å². The predicted octanol–water partition coefficient (Wildman–Crippen LogP) is 4.64. The Bertz CT molecular complexity index is 461. The summed E-state index contributed by atoms with van der Waals surface area (Å²) in [4.78, 5) is 12.6. The van der Waals surface area contributed by atoms with E-state index in [1.807, 2.05) is 18.2 Å².